The fourth-order valence-corrected chi connectivity index (χ4v) is 2.56. The Labute approximate surface area is 176 Å². The maximum absolute atomic E-state index is 11.1. The molecule has 12 N–H and O–H groups in total. The van der Waals surface area contributed by atoms with Crippen LogP contribution in [-0.4, -0.2) is 108 Å². The van der Waals surface area contributed by atoms with Crippen LogP contribution in [0.4, 0.5) is 0 Å². The van der Waals surface area contributed by atoms with Crippen LogP contribution in [0.2, 0.25) is 0 Å². The van der Waals surface area contributed by atoms with Crippen molar-refractivity contribution in [3.8, 4) is 0 Å². The van der Waals surface area contributed by atoms with Crippen LogP contribution in [0.5, 0.6) is 0 Å². The molecule has 0 aromatic rings. The lowest BCUT2D eigenvalue weighted by Crippen LogP contribution is -2.67. The zero-order chi connectivity index (χ0) is 24.5. The second-order valence-corrected chi connectivity index (χ2v) is 6.86. The Balaban J connectivity index is 0.000000759. The van der Waals surface area contributed by atoms with Crippen molar-refractivity contribution in [1.29, 1.82) is 0 Å². The lowest BCUT2D eigenvalue weighted by molar-refractivity contribution is -0.295. The first-order valence-electron chi connectivity index (χ1n) is 8.98. The van der Waals surface area contributed by atoms with Crippen LogP contribution in [0.3, 0.4) is 0 Å². The molecule has 0 bridgehead atoms. The van der Waals surface area contributed by atoms with Crippen molar-refractivity contribution >= 4 is 23.8 Å². The number of aliphatic hydroxyl groups is 5. The summed E-state index contributed by atoms with van der Waals surface area (Å²) in [4.78, 5) is 42.2. The summed E-state index contributed by atoms with van der Waals surface area (Å²) in [5.41, 5.74) is 9.81. The largest absolute Gasteiger partial charge is 0.480 e. The van der Waals surface area contributed by atoms with E-state index in [2.05, 4.69) is 5.32 Å². The number of carboxylic acids is 2. The number of carboxylic acid groups (broad SMARTS) is 2. The van der Waals surface area contributed by atoms with Gasteiger partial charge in [0.05, 0.1) is 18.8 Å². The quantitative estimate of drug-likeness (QED) is 0.156. The van der Waals surface area contributed by atoms with Gasteiger partial charge in [-0.05, 0) is 6.42 Å². The van der Waals surface area contributed by atoms with E-state index in [1.165, 1.54) is 0 Å². The van der Waals surface area contributed by atoms with Gasteiger partial charge in [0.1, 0.15) is 24.4 Å². The SMILES string of the molecule is CC(=O)N[C@H]1[C@H]([C@H](O)[C@H](O)CO)O[C@](O)(C(=O)O)C[C@@H]1O.NC(=O)CC[C@H](N)C(=O)O. The number of carbonyl (C=O) groups excluding carboxylic acids is 2. The molecule has 1 rings (SSSR count). The molecular formula is C16H29N3O12. The van der Waals surface area contributed by atoms with Gasteiger partial charge in [-0.2, -0.15) is 0 Å². The van der Waals surface area contributed by atoms with Gasteiger partial charge in [0.15, 0.2) is 0 Å². The van der Waals surface area contributed by atoms with Crippen molar-refractivity contribution < 1.29 is 59.7 Å². The number of carbonyl (C=O) groups is 4. The van der Waals surface area contributed by atoms with Gasteiger partial charge in [0.2, 0.25) is 11.8 Å². The standard InChI is InChI=1S/C11H19NO9.C5H10N2O3/c1-4(14)12-7-5(15)2-11(20,10(18)19)21-9(7)8(17)6(16)3-13;6-3(5(9)10)1-2-4(7)8/h5-9,13,15-17,20H,2-3H2,1H3,(H,12,14)(H,18,19);3H,1-2,6H2,(H2,7,8)(H,9,10)/t5-,6+,7+,8+,9+,11-;3-/m00/s1. The Hall–Kier alpha value is -2.40. The van der Waals surface area contributed by atoms with E-state index >= 15 is 0 Å². The summed E-state index contributed by atoms with van der Waals surface area (Å²) in [6.45, 7) is 0.256. The lowest BCUT2D eigenvalue weighted by atomic mass is 9.88. The van der Waals surface area contributed by atoms with Crippen LogP contribution < -0.4 is 16.8 Å². The molecule has 0 aromatic heterocycles. The number of aliphatic carboxylic acids is 2. The minimum Gasteiger partial charge on any atom is -0.480 e. The molecular weight excluding hydrogens is 426 g/mol. The number of ether oxygens (including phenoxy) is 1. The third-order valence-corrected chi connectivity index (χ3v) is 4.23. The van der Waals surface area contributed by atoms with Crippen molar-refractivity contribution in [2.75, 3.05) is 6.61 Å². The second kappa shape index (κ2) is 12.5. The van der Waals surface area contributed by atoms with E-state index < -0.39 is 79.1 Å². The van der Waals surface area contributed by atoms with Gasteiger partial charge in [0, 0.05) is 19.8 Å². The van der Waals surface area contributed by atoms with Crippen LogP contribution >= 0.6 is 0 Å². The number of hydrogen-bond donors (Lipinski definition) is 10. The molecule has 1 heterocycles. The second-order valence-electron chi connectivity index (χ2n) is 6.86. The number of hydrogen-bond acceptors (Lipinski definition) is 11. The van der Waals surface area contributed by atoms with E-state index in [0.717, 1.165) is 6.92 Å². The zero-order valence-corrected chi connectivity index (χ0v) is 16.6. The maximum atomic E-state index is 11.1. The zero-order valence-electron chi connectivity index (χ0n) is 16.6. The molecule has 0 spiro atoms. The van der Waals surface area contributed by atoms with Gasteiger partial charge in [-0.25, -0.2) is 4.79 Å². The molecule has 0 radical (unpaired) electrons. The van der Waals surface area contributed by atoms with Crippen molar-refractivity contribution in [3.05, 3.63) is 0 Å². The van der Waals surface area contributed by atoms with Gasteiger partial charge in [0.25, 0.3) is 5.79 Å². The Morgan fingerprint density at radius 2 is 1.77 bits per heavy atom. The normalized spacial score (nSPS) is 28.3. The average molecular weight is 455 g/mol. The van der Waals surface area contributed by atoms with Crippen molar-refractivity contribution in [2.45, 2.75) is 68.5 Å². The first-order chi connectivity index (χ1) is 14.2. The molecule has 15 nitrogen and oxygen atoms in total. The van der Waals surface area contributed by atoms with Crippen LogP contribution in [0, 0.1) is 0 Å². The Kier molecular flexibility index (Phi) is 11.5. The van der Waals surface area contributed by atoms with Crippen molar-refractivity contribution in [2.24, 2.45) is 11.5 Å². The predicted molar refractivity (Wildman–Crippen MR) is 98.8 cm³/mol. The Bertz CT molecular complexity index is 647. The maximum Gasteiger partial charge on any atom is 0.364 e. The number of aliphatic hydroxyl groups excluding tert-OH is 4. The fourth-order valence-electron chi connectivity index (χ4n) is 2.56. The Morgan fingerprint density at radius 1 is 1.23 bits per heavy atom. The number of rotatable bonds is 9. The molecule has 31 heavy (non-hydrogen) atoms. The van der Waals surface area contributed by atoms with Crippen LogP contribution in [0.1, 0.15) is 26.2 Å². The summed E-state index contributed by atoms with van der Waals surface area (Å²) < 4.78 is 4.86. The van der Waals surface area contributed by atoms with E-state index in [4.69, 9.17) is 31.5 Å². The Morgan fingerprint density at radius 3 is 2.16 bits per heavy atom. The highest BCUT2D eigenvalue weighted by molar-refractivity contribution is 5.77. The first kappa shape index (κ1) is 28.6. The number of nitrogens with two attached hydrogens (primary N) is 2. The minimum absolute atomic E-state index is 0.0213. The molecule has 1 aliphatic rings. The third-order valence-electron chi connectivity index (χ3n) is 4.23. The third kappa shape index (κ3) is 9.09. The topological polar surface area (TPSA) is 283 Å². The predicted octanol–water partition coefficient (Wildman–Crippen LogP) is -5.21. The summed E-state index contributed by atoms with van der Waals surface area (Å²) in [6, 6.07) is -2.24. The monoisotopic (exact) mass is 455 g/mol. The van der Waals surface area contributed by atoms with Crippen LogP contribution in [0.25, 0.3) is 0 Å². The van der Waals surface area contributed by atoms with Gasteiger partial charge >= 0.3 is 11.9 Å². The van der Waals surface area contributed by atoms with E-state index in [1.54, 1.807) is 0 Å². The van der Waals surface area contributed by atoms with Gasteiger partial charge in [-0.3, -0.25) is 14.4 Å². The molecule has 180 valence electrons. The highest BCUT2D eigenvalue weighted by Gasteiger charge is 2.53. The lowest BCUT2D eigenvalue weighted by Gasteiger charge is -2.44. The first-order valence-corrected chi connectivity index (χ1v) is 8.98. The number of nitrogens with one attached hydrogen (secondary N) is 1. The highest BCUT2D eigenvalue weighted by atomic mass is 16.7. The summed E-state index contributed by atoms with van der Waals surface area (Å²) in [6.07, 6.45) is -7.36. The van der Waals surface area contributed by atoms with E-state index in [-0.39, 0.29) is 12.8 Å². The molecule has 0 aliphatic carbocycles. The summed E-state index contributed by atoms with van der Waals surface area (Å²) in [5.74, 6) is -6.81. The molecule has 1 aliphatic heterocycles. The minimum atomic E-state index is -2.78. The highest BCUT2D eigenvalue weighted by Crippen LogP contribution is 2.30. The average Bonchev–Trinajstić information content (AvgIpc) is 2.66. The number of primary amides is 1. The van der Waals surface area contributed by atoms with E-state index in [0.29, 0.717) is 0 Å². The van der Waals surface area contributed by atoms with E-state index in [1.807, 2.05) is 0 Å². The summed E-state index contributed by atoms with van der Waals surface area (Å²) in [7, 11) is 0. The molecule has 2 amide bonds. The smallest absolute Gasteiger partial charge is 0.364 e. The number of amides is 2. The van der Waals surface area contributed by atoms with Crippen LogP contribution in [-0.2, 0) is 23.9 Å². The molecule has 1 fully saturated rings. The molecule has 15 heteroatoms. The van der Waals surface area contributed by atoms with E-state index in [9.17, 15) is 39.6 Å². The molecule has 1 saturated heterocycles. The molecule has 0 unspecified atom stereocenters. The van der Waals surface area contributed by atoms with Gasteiger partial charge < -0.3 is 57.3 Å². The molecule has 7 atom stereocenters. The fraction of sp³-hybridized carbons (Fsp3) is 0.750. The summed E-state index contributed by atoms with van der Waals surface area (Å²) in [5, 5.41) is 67.2. The summed E-state index contributed by atoms with van der Waals surface area (Å²) >= 11 is 0. The van der Waals surface area contributed by atoms with Gasteiger partial charge in [-0.1, -0.05) is 0 Å². The van der Waals surface area contributed by atoms with Crippen molar-refractivity contribution in [1.82, 2.24) is 5.32 Å². The van der Waals surface area contributed by atoms with Crippen molar-refractivity contribution in [3.63, 3.8) is 0 Å². The molecule has 0 saturated carbocycles. The molecule has 0 aromatic carbocycles. The van der Waals surface area contributed by atoms with Gasteiger partial charge in [-0.15, -0.1) is 0 Å². The van der Waals surface area contributed by atoms with Crippen LogP contribution in [0.15, 0.2) is 0 Å².